The van der Waals surface area contributed by atoms with Crippen LogP contribution in [-0.2, 0) is 24.0 Å². The van der Waals surface area contributed by atoms with Gasteiger partial charge in [0.2, 0.25) is 5.91 Å². The summed E-state index contributed by atoms with van der Waals surface area (Å²) >= 11 is 5.41. The van der Waals surface area contributed by atoms with Gasteiger partial charge < -0.3 is 20.4 Å². The van der Waals surface area contributed by atoms with E-state index in [-0.39, 0.29) is 43.4 Å². The number of nitrogens with one attached hydrogen (secondary N) is 2. The van der Waals surface area contributed by atoms with Crippen LogP contribution in [0.2, 0.25) is 0 Å². The van der Waals surface area contributed by atoms with Crippen molar-refractivity contribution < 1.29 is 34.2 Å². The molecule has 4 rings (SSSR count). The SMILES string of the molecule is CCN(CCN1C(=O)C=CC1=O)c1ccc(N=Nc2ccc(-c3ccc(NC(=O)CCC[C@H](C[C@H](NCl)C(=O)O)C(=O)O)cc3)cc2)cc1. The Morgan fingerprint density at radius 1 is 0.837 bits per heavy atom. The highest BCUT2D eigenvalue weighted by atomic mass is 35.5. The standard InChI is InChI=1S/C35H37ClN6O7/c1-2-41(20-21-42-32(44)18-19-33(42)45)29-16-14-28(15-17-29)40-39-27-12-8-24(9-13-27)23-6-10-26(11-7-23)37-31(43)5-3-4-25(34(46)47)22-30(38-36)35(48)49/h6-19,25,30,38H,2-5,20-22H2,1H3,(H,37,43)(H,46,47)(H,48,49)/t25-,30+/m1/s1. The number of aliphatic carboxylic acids is 2. The van der Waals surface area contributed by atoms with Gasteiger partial charge in [-0.05, 0) is 97.6 Å². The first-order chi connectivity index (χ1) is 23.6. The van der Waals surface area contributed by atoms with Crippen molar-refractivity contribution in [2.24, 2.45) is 16.1 Å². The third kappa shape index (κ3) is 10.5. The van der Waals surface area contributed by atoms with Crippen LogP contribution >= 0.6 is 11.8 Å². The Kier molecular flexibility index (Phi) is 13.1. The molecule has 0 bridgehead atoms. The molecule has 0 spiro atoms. The van der Waals surface area contributed by atoms with Gasteiger partial charge in [-0.25, -0.2) is 4.84 Å². The fourth-order valence-corrected chi connectivity index (χ4v) is 5.39. The summed E-state index contributed by atoms with van der Waals surface area (Å²) in [5, 5.41) is 30.0. The van der Waals surface area contributed by atoms with Crippen LogP contribution < -0.4 is 15.1 Å². The third-order valence-corrected chi connectivity index (χ3v) is 8.26. The number of nitrogens with zero attached hydrogens (tertiary/aromatic N) is 4. The van der Waals surface area contributed by atoms with Crippen LogP contribution in [-0.4, -0.2) is 70.4 Å². The second-order valence-corrected chi connectivity index (χ2v) is 11.5. The Morgan fingerprint density at radius 2 is 1.39 bits per heavy atom. The average molecular weight is 689 g/mol. The molecule has 0 saturated heterocycles. The monoisotopic (exact) mass is 688 g/mol. The van der Waals surface area contributed by atoms with Crippen molar-refractivity contribution in [3.8, 4) is 11.1 Å². The number of benzene rings is 3. The molecule has 13 nitrogen and oxygen atoms in total. The van der Waals surface area contributed by atoms with E-state index >= 15 is 0 Å². The van der Waals surface area contributed by atoms with Crippen molar-refractivity contribution in [1.82, 2.24) is 9.74 Å². The number of hydrogen-bond donors (Lipinski definition) is 4. The van der Waals surface area contributed by atoms with Gasteiger partial charge in [-0.1, -0.05) is 24.3 Å². The highest BCUT2D eigenvalue weighted by molar-refractivity contribution is 6.14. The summed E-state index contributed by atoms with van der Waals surface area (Å²) in [4.78, 5) is 64.1. The molecule has 14 heteroatoms. The van der Waals surface area contributed by atoms with Gasteiger partial charge in [-0.2, -0.15) is 10.2 Å². The highest BCUT2D eigenvalue weighted by Crippen LogP contribution is 2.27. The molecule has 3 amide bonds. The molecule has 0 aliphatic carbocycles. The number of rotatable bonds is 18. The number of carboxylic acid groups (broad SMARTS) is 2. The van der Waals surface area contributed by atoms with E-state index in [4.69, 9.17) is 16.9 Å². The minimum atomic E-state index is -1.24. The largest absolute Gasteiger partial charge is 0.481 e. The number of carbonyl (C=O) groups excluding carboxylic acids is 3. The van der Waals surface area contributed by atoms with Gasteiger partial charge >= 0.3 is 11.9 Å². The van der Waals surface area contributed by atoms with Gasteiger partial charge in [0.15, 0.2) is 0 Å². The van der Waals surface area contributed by atoms with Crippen LogP contribution in [0.15, 0.2) is 95.2 Å². The molecule has 0 radical (unpaired) electrons. The predicted molar refractivity (Wildman–Crippen MR) is 185 cm³/mol. The zero-order chi connectivity index (χ0) is 35.3. The predicted octanol–water partition coefficient (Wildman–Crippen LogP) is 5.92. The van der Waals surface area contributed by atoms with Crippen molar-refractivity contribution >= 4 is 64.2 Å². The van der Waals surface area contributed by atoms with Crippen LogP contribution in [0.5, 0.6) is 0 Å². The number of anilines is 2. The average Bonchev–Trinajstić information content (AvgIpc) is 3.42. The van der Waals surface area contributed by atoms with Gasteiger partial charge in [-0.15, -0.1) is 0 Å². The van der Waals surface area contributed by atoms with E-state index in [1.165, 1.54) is 17.1 Å². The minimum Gasteiger partial charge on any atom is -0.481 e. The van der Waals surface area contributed by atoms with E-state index in [0.717, 1.165) is 16.8 Å². The van der Waals surface area contributed by atoms with Crippen molar-refractivity contribution in [1.29, 1.82) is 0 Å². The molecule has 0 unspecified atom stereocenters. The number of hydrogen-bond acceptors (Lipinski definition) is 9. The van der Waals surface area contributed by atoms with Crippen LogP contribution in [0, 0.1) is 5.92 Å². The lowest BCUT2D eigenvalue weighted by Crippen LogP contribution is -2.38. The maximum absolute atomic E-state index is 12.4. The molecule has 3 aromatic rings. The second kappa shape index (κ2) is 17.7. The molecule has 3 aromatic carbocycles. The molecule has 4 N–H and O–H groups in total. The summed E-state index contributed by atoms with van der Waals surface area (Å²) in [5.41, 5.74) is 4.75. The van der Waals surface area contributed by atoms with E-state index in [0.29, 0.717) is 36.7 Å². The Bertz CT molecular complexity index is 1680. The third-order valence-electron chi connectivity index (χ3n) is 8.00. The van der Waals surface area contributed by atoms with E-state index in [2.05, 4.69) is 25.3 Å². The lowest BCUT2D eigenvalue weighted by molar-refractivity contribution is -0.144. The summed E-state index contributed by atoms with van der Waals surface area (Å²) in [5.74, 6) is -4.19. The van der Waals surface area contributed by atoms with Crippen molar-refractivity contribution in [2.45, 2.75) is 38.6 Å². The van der Waals surface area contributed by atoms with Gasteiger partial charge in [0.1, 0.15) is 6.04 Å². The fourth-order valence-electron chi connectivity index (χ4n) is 5.21. The molecule has 49 heavy (non-hydrogen) atoms. The molecule has 0 fully saturated rings. The van der Waals surface area contributed by atoms with Crippen LogP contribution in [0.3, 0.4) is 0 Å². The van der Waals surface area contributed by atoms with Crippen LogP contribution in [0.1, 0.15) is 32.6 Å². The molecule has 1 heterocycles. The maximum Gasteiger partial charge on any atom is 0.321 e. The van der Waals surface area contributed by atoms with E-state index < -0.39 is 23.9 Å². The number of halogens is 1. The Balaban J connectivity index is 1.24. The Labute approximate surface area is 288 Å². The summed E-state index contributed by atoms with van der Waals surface area (Å²) in [7, 11) is 0. The van der Waals surface area contributed by atoms with Crippen molar-refractivity contribution in [2.75, 3.05) is 29.9 Å². The summed E-state index contributed by atoms with van der Waals surface area (Å²) < 4.78 is 0. The Morgan fingerprint density at radius 3 is 1.90 bits per heavy atom. The van der Waals surface area contributed by atoms with Gasteiger partial charge in [0.25, 0.3) is 11.8 Å². The maximum atomic E-state index is 12.4. The lowest BCUT2D eigenvalue weighted by atomic mass is 9.94. The van der Waals surface area contributed by atoms with E-state index in [1.54, 1.807) is 12.1 Å². The van der Waals surface area contributed by atoms with Crippen molar-refractivity contribution in [3.05, 3.63) is 84.9 Å². The number of likely N-dealkylation sites (N-methyl/N-ethyl adjacent to an activating group) is 1. The lowest BCUT2D eigenvalue weighted by Gasteiger charge is -2.25. The first-order valence-corrected chi connectivity index (χ1v) is 16.1. The molecular formula is C35H37ClN6O7. The highest BCUT2D eigenvalue weighted by Gasteiger charge is 2.26. The number of imide groups is 1. The molecule has 256 valence electrons. The molecule has 1 aliphatic rings. The number of azo groups is 1. The van der Waals surface area contributed by atoms with E-state index in [1.807, 2.05) is 67.6 Å². The zero-order valence-corrected chi connectivity index (χ0v) is 27.5. The summed E-state index contributed by atoms with van der Waals surface area (Å²) in [6.45, 7) is 3.54. The Hall–Kier alpha value is -5.40. The number of amides is 3. The smallest absolute Gasteiger partial charge is 0.321 e. The zero-order valence-electron chi connectivity index (χ0n) is 26.8. The van der Waals surface area contributed by atoms with Gasteiger partial charge in [0.05, 0.1) is 17.3 Å². The summed E-state index contributed by atoms with van der Waals surface area (Å²) in [6, 6.07) is 21.2. The molecule has 0 aromatic heterocycles. The summed E-state index contributed by atoms with van der Waals surface area (Å²) in [6.07, 6.45) is 2.87. The normalized spacial score (nSPS) is 13.9. The first-order valence-electron chi connectivity index (χ1n) is 15.7. The fraction of sp³-hybridized carbons (Fsp3) is 0.286. The van der Waals surface area contributed by atoms with Crippen LogP contribution in [0.25, 0.3) is 11.1 Å². The molecule has 0 saturated carbocycles. The van der Waals surface area contributed by atoms with Gasteiger partial charge in [0, 0.05) is 49.6 Å². The quantitative estimate of drug-likeness (QED) is 0.0717. The van der Waals surface area contributed by atoms with Crippen LogP contribution in [0.4, 0.5) is 22.7 Å². The minimum absolute atomic E-state index is 0.0816. The first kappa shape index (κ1) is 36.4. The number of carboxylic acids is 2. The van der Waals surface area contributed by atoms with Crippen molar-refractivity contribution in [3.63, 3.8) is 0 Å². The second-order valence-electron chi connectivity index (χ2n) is 11.3. The van der Waals surface area contributed by atoms with E-state index in [9.17, 15) is 29.1 Å². The molecular weight excluding hydrogens is 652 g/mol. The molecule has 2 atom stereocenters. The number of carbonyl (C=O) groups is 5. The topological polar surface area (TPSA) is 181 Å². The molecule has 1 aliphatic heterocycles. The van der Waals surface area contributed by atoms with Gasteiger partial charge in [-0.3, -0.25) is 28.9 Å².